The maximum Gasteiger partial charge on any atom is 0.0509 e. The highest BCUT2D eigenvalue weighted by Gasteiger charge is 2.25. The van der Waals surface area contributed by atoms with Crippen molar-refractivity contribution in [2.24, 2.45) is 5.41 Å². The third-order valence-corrected chi connectivity index (χ3v) is 3.58. The summed E-state index contributed by atoms with van der Waals surface area (Å²) in [5.74, 6) is 0. The Labute approximate surface area is 104 Å². The minimum absolute atomic E-state index is 0.0464. The van der Waals surface area contributed by atoms with Crippen molar-refractivity contribution >= 4 is 6.08 Å². The first-order valence-corrected chi connectivity index (χ1v) is 6.13. The molecule has 0 aromatic heterocycles. The molecule has 0 amide bonds. The van der Waals surface area contributed by atoms with Gasteiger partial charge >= 0.3 is 0 Å². The summed E-state index contributed by atoms with van der Waals surface area (Å²) in [7, 11) is 0. The van der Waals surface area contributed by atoms with Gasteiger partial charge in [-0.3, -0.25) is 0 Å². The van der Waals surface area contributed by atoms with E-state index in [1.165, 1.54) is 5.56 Å². The Kier molecular flexibility index (Phi) is 5.39. The van der Waals surface area contributed by atoms with Crippen molar-refractivity contribution in [3.8, 4) is 0 Å². The fourth-order valence-corrected chi connectivity index (χ4v) is 1.84. The topological polar surface area (TPSA) is 40.5 Å². The highest BCUT2D eigenvalue weighted by molar-refractivity contribution is 5.47. The van der Waals surface area contributed by atoms with E-state index in [-0.39, 0.29) is 18.6 Å². The number of rotatable bonds is 7. The van der Waals surface area contributed by atoms with Gasteiger partial charge in [0.1, 0.15) is 0 Å². The monoisotopic (exact) mass is 234 g/mol. The van der Waals surface area contributed by atoms with Crippen LogP contribution < -0.4 is 0 Å². The predicted molar refractivity (Wildman–Crippen MR) is 71.7 cm³/mol. The van der Waals surface area contributed by atoms with Gasteiger partial charge in [-0.1, -0.05) is 43.8 Å². The van der Waals surface area contributed by atoms with Gasteiger partial charge in [-0.25, -0.2) is 0 Å². The zero-order valence-electron chi connectivity index (χ0n) is 10.5. The zero-order chi connectivity index (χ0) is 12.7. The van der Waals surface area contributed by atoms with Gasteiger partial charge in [0.15, 0.2) is 0 Å². The molecule has 2 heteroatoms. The van der Waals surface area contributed by atoms with E-state index in [4.69, 9.17) is 0 Å². The van der Waals surface area contributed by atoms with Crippen LogP contribution in [0.3, 0.4) is 0 Å². The van der Waals surface area contributed by atoms with Gasteiger partial charge < -0.3 is 10.2 Å². The fourth-order valence-electron chi connectivity index (χ4n) is 1.84. The molecule has 0 unspecified atom stereocenters. The van der Waals surface area contributed by atoms with E-state index >= 15 is 0 Å². The number of aliphatic hydroxyl groups excluding tert-OH is 2. The van der Waals surface area contributed by atoms with Gasteiger partial charge in [0.2, 0.25) is 0 Å². The van der Waals surface area contributed by atoms with Crippen molar-refractivity contribution < 1.29 is 10.2 Å². The highest BCUT2D eigenvalue weighted by Crippen LogP contribution is 2.27. The van der Waals surface area contributed by atoms with Crippen LogP contribution in [0.2, 0.25) is 0 Å². The van der Waals surface area contributed by atoms with Crippen LogP contribution in [0.15, 0.2) is 30.8 Å². The molecule has 94 valence electrons. The Hall–Kier alpha value is -1.12. The lowest BCUT2D eigenvalue weighted by Crippen LogP contribution is -2.29. The molecule has 0 saturated heterocycles. The quantitative estimate of drug-likeness (QED) is 0.761. The molecule has 0 aliphatic carbocycles. The molecular weight excluding hydrogens is 212 g/mol. The second-order valence-electron chi connectivity index (χ2n) is 4.62. The summed E-state index contributed by atoms with van der Waals surface area (Å²) < 4.78 is 0. The number of hydrogen-bond donors (Lipinski definition) is 2. The number of benzene rings is 1. The van der Waals surface area contributed by atoms with Crippen LogP contribution in [0, 0.1) is 5.41 Å². The maximum atomic E-state index is 9.36. The Morgan fingerprint density at radius 1 is 1.18 bits per heavy atom. The molecule has 1 aromatic carbocycles. The predicted octanol–water partition coefficient (Wildman–Crippen LogP) is 2.64. The van der Waals surface area contributed by atoms with Gasteiger partial charge in [0.05, 0.1) is 13.2 Å². The average molecular weight is 234 g/mol. The van der Waals surface area contributed by atoms with Crippen molar-refractivity contribution in [2.75, 3.05) is 13.2 Å². The summed E-state index contributed by atoms with van der Waals surface area (Å²) in [6.45, 7) is 5.82. The molecule has 0 bridgehead atoms. The van der Waals surface area contributed by atoms with Crippen molar-refractivity contribution in [1.82, 2.24) is 0 Å². The maximum absolute atomic E-state index is 9.36. The third kappa shape index (κ3) is 3.69. The van der Waals surface area contributed by atoms with Crippen LogP contribution in [0.1, 0.15) is 30.9 Å². The number of aliphatic hydroxyl groups is 2. The Morgan fingerprint density at radius 3 is 2.18 bits per heavy atom. The van der Waals surface area contributed by atoms with Gasteiger partial charge in [0.25, 0.3) is 0 Å². The van der Waals surface area contributed by atoms with Crippen LogP contribution in [-0.2, 0) is 6.42 Å². The largest absolute Gasteiger partial charge is 0.396 e. The SMILES string of the molecule is C=Cc1ccc(CCC(CC)(CO)CO)cc1. The Bertz CT molecular complexity index is 328. The van der Waals surface area contributed by atoms with Crippen LogP contribution in [0.5, 0.6) is 0 Å². The van der Waals surface area contributed by atoms with Gasteiger partial charge in [0, 0.05) is 5.41 Å². The van der Waals surface area contributed by atoms with Gasteiger partial charge in [-0.05, 0) is 30.4 Å². The molecule has 0 aliphatic rings. The molecule has 0 heterocycles. The Balaban J connectivity index is 2.62. The molecule has 0 spiro atoms. The summed E-state index contributed by atoms with van der Waals surface area (Å²) in [5, 5.41) is 18.7. The van der Waals surface area contributed by atoms with E-state index in [1.807, 2.05) is 25.1 Å². The minimum atomic E-state index is -0.336. The lowest BCUT2D eigenvalue weighted by Gasteiger charge is -2.28. The molecule has 0 saturated carbocycles. The highest BCUT2D eigenvalue weighted by atomic mass is 16.3. The van der Waals surface area contributed by atoms with Crippen LogP contribution in [0.4, 0.5) is 0 Å². The molecule has 1 rings (SSSR count). The second-order valence-corrected chi connectivity index (χ2v) is 4.62. The van der Waals surface area contributed by atoms with Crippen LogP contribution in [0.25, 0.3) is 6.08 Å². The lowest BCUT2D eigenvalue weighted by atomic mass is 9.81. The molecule has 2 N–H and O–H groups in total. The number of aryl methyl sites for hydroxylation is 1. The molecule has 2 nitrogen and oxygen atoms in total. The van der Waals surface area contributed by atoms with Gasteiger partial charge in [-0.15, -0.1) is 0 Å². The summed E-state index contributed by atoms with van der Waals surface area (Å²) in [4.78, 5) is 0. The van der Waals surface area contributed by atoms with Crippen molar-refractivity contribution in [2.45, 2.75) is 26.2 Å². The van der Waals surface area contributed by atoms with Crippen molar-refractivity contribution in [3.05, 3.63) is 42.0 Å². The standard InChI is InChI=1S/C15H22O2/c1-3-13-5-7-14(8-6-13)9-10-15(4-2,11-16)12-17/h3,5-8,16-17H,1,4,9-12H2,2H3. The molecule has 0 radical (unpaired) electrons. The van der Waals surface area contributed by atoms with Crippen LogP contribution >= 0.6 is 0 Å². The van der Waals surface area contributed by atoms with Crippen molar-refractivity contribution in [1.29, 1.82) is 0 Å². The smallest absolute Gasteiger partial charge is 0.0509 e. The minimum Gasteiger partial charge on any atom is -0.396 e. The van der Waals surface area contributed by atoms with Gasteiger partial charge in [-0.2, -0.15) is 0 Å². The van der Waals surface area contributed by atoms with E-state index in [2.05, 4.69) is 18.7 Å². The first-order chi connectivity index (χ1) is 8.19. The molecular formula is C15H22O2. The summed E-state index contributed by atoms with van der Waals surface area (Å²) in [5.41, 5.74) is 2.01. The lowest BCUT2D eigenvalue weighted by molar-refractivity contribution is 0.0441. The van der Waals surface area contributed by atoms with E-state index in [0.29, 0.717) is 0 Å². The normalized spacial score (nSPS) is 11.5. The average Bonchev–Trinajstić information content (AvgIpc) is 2.41. The summed E-state index contributed by atoms with van der Waals surface area (Å²) in [6.07, 6.45) is 4.31. The molecule has 0 atom stereocenters. The fraction of sp³-hybridized carbons (Fsp3) is 0.467. The van der Waals surface area contributed by atoms with E-state index in [9.17, 15) is 10.2 Å². The molecule has 17 heavy (non-hydrogen) atoms. The zero-order valence-corrected chi connectivity index (χ0v) is 10.5. The summed E-state index contributed by atoms with van der Waals surface area (Å²) >= 11 is 0. The summed E-state index contributed by atoms with van der Waals surface area (Å²) in [6, 6.07) is 8.22. The molecule has 1 aromatic rings. The first-order valence-electron chi connectivity index (χ1n) is 6.13. The van der Waals surface area contributed by atoms with E-state index < -0.39 is 0 Å². The number of hydrogen-bond acceptors (Lipinski definition) is 2. The third-order valence-electron chi connectivity index (χ3n) is 3.58. The Morgan fingerprint density at radius 2 is 1.76 bits per heavy atom. The molecule has 0 aliphatic heterocycles. The molecule has 0 fully saturated rings. The second kappa shape index (κ2) is 6.58. The van der Waals surface area contributed by atoms with Crippen LogP contribution in [-0.4, -0.2) is 23.4 Å². The first kappa shape index (κ1) is 13.9. The van der Waals surface area contributed by atoms with Crippen molar-refractivity contribution in [3.63, 3.8) is 0 Å². The van der Waals surface area contributed by atoms with E-state index in [0.717, 1.165) is 24.8 Å². The van der Waals surface area contributed by atoms with E-state index in [1.54, 1.807) is 0 Å².